The van der Waals surface area contributed by atoms with Crippen molar-refractivity contribution < 1.29 is 0 Å². The molecule has 0 unspecified atom stereocenters. The van der Waals surface area contributed by atoms with Gasteiger partial charge in [0.2, 0.25) is 0 Å². The van der Waals surface area contributed by atoms with Gasteiger partial charge in [-0.1, -0.05) is 30.8 Å². The van der Waals surface area contributed by atoms with E-state index in [4.69, 9.17) is 12.2 Å². The average Bonchev–Trinajstić information content (AvgIpc) is 2.15. The first-order valence-electron chi connectivity index (χ1n) is 5.57. The molecule has 0 radical (unpaired) electrons. The van der Waals surface area contributed by atoms with Crippen LogP contribution in [-0.4, -0.2) is 29.4 Å². The number of thiocarbonyl (C=S) groups is 1. The van der Waals surface area contributed by atoms with E-state index < -0.39 is 0 Å². The van der Waals surface area contributed by atoms with Crippen molar-refractivity contribution in [3.8, 4) is 0 Å². The van der Waals surface area contributed by atoms with E-state index in [1.54, 1.807) is 0 Å². The summed E-state index contributed by atoms with van der Waals surface area (Å²) in [5.74, 6) is 0. The van der Waals surface area contributed by atoms with E-state index in [2.05, 4.69) is 11.5 Å². The highest BCUT2D eigenvalue weighted by Gasteiger charge is 2.09. The van der Waals surface area contributed by atoms with Gasteiger partial charge < -0.3 is 4.90 Å². The summed E-state index contributed by atoms with van der Waals surface area (Å²) >= 11 is 5.07. The summed E-state index contributed by atoms with van der Waals surface area (Å²) < 4.78 is 0. The third-order valence-corrected chi connectivity index (χ3v) is 2.87. The van der Waals surface area contributed by atoms with Crippen LogP contribution in [0.3, 0.4) is 0 Å². The average molecular weight is 211 g/mol. The summed E-state index contributed by atoms with van der Waals surface area (Å²) in [6, 6.07) is 0. The van der Waals surface area contributed by atoms with E-state index in [9.17, 15) is 0 Å². The molecule has 1 aliphatic rings. The van der Waals surface area contributed by atoms with Gasteiger partial charge in [0.05, 0.1) is 0 Å². The second-order valence-corrected chi connectivity index (χ2v) is 4.98. The first kappa shape index (κ1) is 11.9. The summed E-state index contributed by atoms with van der Waals surface area (Å²) in [5.41, 5.74) is 1.29. The maximum atomic E-state index is 5.07. The highest BCUT2D eigenvalue weighted by Crippen LogP contribution is 2.12. The van der Waals surface area contributed by atoms with Gasteiger partial charge in [-0.2, -0.15) is 0 Å². The number of likely N-dealkylation sites (tertiary alicyclic amines) is 1. The van der Waals surface area contributed by atoms with Crippen LogP contribution in [0.4, 0.5) is 0 Å². The second kappa shape index (κ2) is 6.31. The van der Waals surface area contributed by atoms with Crippen molar-refractivity contribution in [2.75, 3.05) is 19.6 Å². The predicted molar refractivity (Wildman–Crippen MR) is 66.9 cm³/mol. The molecule has 0 bridgehead atoms. The van der Waals surface area contributed by atoms with Crippen molar-refractivity contribution >= 4 is 17.1 Å². The molecule has 0 aromatic rings. The van der Waals surface area contributed by atoms with E-state index in [0.29, 0.717) is 0 Å². The van der Waals surface area contributed by atoms with E-state index in [1.165, 1.54) is 44.5 Å². The Kier molecular flexibility index (Phi) is 5.34. The van der Waals surface area contributed by atoms with Crippen molar-refractivity contribution in [2.24, 2.45) is 0 Å². The highest BCUT2D eigenvalue weighted by atomic mass is 32.1. The van der Waals surface area contributed by atoms with E-state index >= 15 is 0 Å². The second-order valence-electron chi connectivity index (χ2n) is 4.28. The molecule has 1 fully saturated rings. The standard InChI is InChI=1S/C12H21NS/c1-11(10-12(2)14)6-9-13-7-4-3-5-8-13/h1,3-10H2,2H3. The Labute approximate surface area is 93.2 Å². The zero-order valence-electron chi connectivity index (χ0n) is 9.22. The Hall–Kier alpha value is -0.210. The van der Waals surface area contributed by atoms with Crippen LogP contribution in [0.25, 0.3) is 0 Å². The van der Waals surface area contributed by atoms with Crippen LogP contribution in [0.2, 0.25) is 0 Å². The minimum Gasteiger partial charge on any atom is -0.303 e. The lowest BCUT2D eigenvalue weighted by molar-refractivity contribution is 0.231. The number of hydrogen-bond acceptors (Lipinski definition) is 2. The van der Waals surface area contributed by atoms with Crippen LogP contribution in [0.15, 0.2) is 12.2 Å². The van der Waals surface area contributed by atoms with Crippen molar-refractivity contribution in [3.63, 3.8) is 0 Å². The summed E-state index contributed by atoms with van der Waals surface area (Å²) in [6.45, 7) is 9.81. The molecule has 0 aromatic carbocycles. The molecule has 0 aliphatic carbocycles. The molecule has 0 atom stereocenters. The molecule has 0 saturated carbocycles. The molecule has 2 heteroatoms. The quantitative estimate of drug-likeness (QED) is 0.507. The topological polar surface area (TPSA) is 3.24 Å². The van der Waals surface area contributed by atoms with Crippen molar-refractivity contribution in [2.45, 2.75) is 39.0 Å². The lowest BCUT2D eigenvalue weighted by Gasteiger charge is -2.26. The summed E-state index contributed by atoms with van der Waals surface area (Å²) in [6.07, 6.45) is 6.21. The number of hydrogen-bond donors (Lipinski definition) is 0. The van der Waals surface area contributed by atoms with Gasteiger partial charge in [-0.05, 0) is 50.6 Å². The molecule has 1 heterocycles. The van der Waals surface area contributed by atoms with Gasteiger partial charge in [-0.15, -0.1) is 0 Å². The van der Waals surface area contributed by atoms with Crippen molar-refractivity contribution in [3.05, 3.63) is 12.2 Å². The fourth-order valence-electron chi connectivity index (χ4n) is 1.94. The molecule has 14 heavy (non-hydrogen) atoms. The Morgan fingerprint density at radius 3 is 2.50 bits per heavy atom. The van der Waals surface area contributed by atoms with Crippen molar-refractivity contribution in [1.29, 1.82) is 0 Å². The van der Waals surface area contributed by atoms with Gasteiger partial charge in [0.1, 0.15) is 0 Å². The van der Waals surface area contributed by atoms with E-state index in [1.807, 2.05) is 6.92 Å². The van der Waals surface area contributed by atoms with E-state index in [-0.39, 0.29) is 0 Å². The van der Waals surface area contributed by atoms with Crippen LogP contribution >= 0.6 is 12.2 Å². The Balaban J connectivity index is 2.12. The van der Waals surface area contributed by atoms with Crippen molar-refractivity contribution in [1.82, 2.24) is 4.90 Å². The number of rotatable bonds is 5. The fraction of sp³-hybridized carbons (Fsp3) is 0.750. The third-order valence-electron chi connectivity index (χ3n) is 2.73. The molecule has 0 amide bonds. The van der Waals surface area contributed by atoms with Gasteiger partial charge in [0.15, 0.2) is 0 Å². The summed E-state index contributed by atoms with van der Waals surface area (Å²) in [4.78, 5) is 3.61. The smallest absolute Gasteiger partial charge is 0.00186 e. The minimum absolute atomic E-state index is 0.934. The van der Waals surface area contributed by atoms with E-state index in [0.717, 1.165) is 17.7 Å². The molecule has 80 valence electrons. The molecule has 0 N–H and O–H groups in total. The number of nitrogens with zero attached hydrogens (tertiary/aromatic N) is 1. The monoisotopic (exact) mass is 211 g/mol. The van der Waals surface area contributed by atoms with Gasteiger partial charge in [-0.3, -0.25) is 0 Å². The molecule has 1 nitrogen and oxygen atoms in total. The summed E-state index contributed by atoms with van der Waals surface area (Å²) in [5, 5.41) is 0. The van der Waals surface area contributed by atoms with Gasteiger partial charge >= 0.3 is 0 Å². The molecule has 0 aromatic heterocycles. The normalized spacial score (nSPS) is 18.1. The Morgan fingerprint density at radius 1 is 1.29 bits per heavy atom. The zero-order valence-corrected chi connectivity index (χ0v) is 10.0. The third kappa shape index (κ3) is 4.87. The Morgan fingerprint density at radius 2 is 1.93 bits per heavy atom. The van der Waals surface area contributed by atoms with Crippen LogP contribution in [0, 0.1) is 0 Å². The first-order chi connectivity index (χ1) is 6.68. The minimum atomic E-state index is 0.934. The van der Waals surface area contributed by atoms with Crippen LogP contribution < -0.4 is 0 Å². The van der Waals surface area contributed by atoms with Crippen LogP contribution in [-0.2, 0) is 0 Å². The first-order valence-corrected chi connectivity index (χ1v) is 5.98. The lowest BCUT2D eigenvalue weighted by Crippen LogP contribution is -2.30. The molecule has 0 spiro atoms. The molecular weight excluding hydrogens is 190 g/mol. The van der Waals surface area contributed by atoms with Gasteiger partial charge in [-0.25, -0.2) is 0 Å². The zero-order chi connectivity index (χ0) is 10.4. The maximum absolute atomic E-state index is 5.07. The maximum Gasteiger partial charge on any atom is 0.00186 e. The predicted octanol–water partition coefficient (Wildman–Crippen LogP) is 3.20. The van der Waals surface area contributed by atoms with Gasteiger partial charge in [0.25, 0.3) is 0 Å². The summed E-state index contributed by atoms with van der Waals surface area (Å²) in [7, 11) is 0. The molecular formula is C12H21NS. The highest BCUT2D eigenvalue weighted by molar-refractivity contribution is 7.80. The molecule has 1 saturated heterocycles. The van der Waals surface area contributed by atoms with Gasteiger partial charge in [0, 0.05) is 6.54 Å². The largest absolute Gasteiger partial charge is 0.303 e. The number of piperidine rings is 1. The SMILES string of the molecule is C=C(CCN1CCCCC1)CC(C)=S. The molecule has 1 rings (SSSR count). The van der Waals surface area contributed by atoms with Crippen LogP contribution in [0.1, 0.15) is 39.0 Å². The fourth-order valence-corrected chi connectivity index (χ4v) is 2.14. The lowest BCUT2D eigenvalue weighted by atomic mass is 10.1. The Bertz CT molecular complexity index is 204. The molecule has 1 aliphatic heterocycles. The van der Waals surface area contributed by atoms with Crippen LogP contribution in [0.5, 0.6) is 0 Å².